The van der Waals surface area contributed by atoms with E-state index in [0.717, 1.165) is 36.1 Å². The first kappa shape index (κ1) is 14.8. The van der Waals surface area contributed by atoms with Gasteiger partial charge in [0, 0.05) is 18.6 Å². The molecule has 0 aromatic rings. The highest BCUT2D eigenvalue weighted by Crippen LogP contribution is 2.59. The van der Waals surface area contributed by atoms with Gasteiger partial charge in [-0.25, -0.2) is 0 Å². The second kappa shape index (κ2) is 5.61. The van der Waals surface area contributed by atoms with E-state index in [1.54, 1.807) is 0 Å². The predicted molar refractivity (Wildman–Crippen MR) is 85.5 cm³/mol. The Labute approximate surface area is 125 Å². The molecule has 4 aliphatic rings. The maximum absolute atomic E-state index is 6.44. The molecule has 1 atom stereocenters. The lowest BCUT2D eigenvalue weighted by Gasteiger charge is -2.64. The molecule has 0 aliphatic heterocycles. The molecule has 4 saturated carbocycles. The van der Waals surface area contributed by atoms with E-state index in [9.17, 15) is 0 Å². The second-order valence-corrected chi connectivity index (χ2v) is 8.05. The first-order valence-electron chi connectivity index (χ1n) is 9.09. The quantitative estimate of drug-likeness (QED) is 0.805. The van der Waals surface area contributed by atoms with E-state index in [2.05, 4.69) is 25.7 Å². The van der Waals surface area contributed by atoms with E-state index in [-0.39, 0.29) is 0 Å². The molecule has 0 aromatic carbocycles. The maximum atomic E-state index is 6.44. The van der Waals surface area contributed by atoms with Crippen LogP contribution < -0.4 is 5.73 Å². The topological polar surface area (TPSA) is 29.3 Å². The zero-order valence-electron chi connectivity index (χ0n) is 13.8. The minimum atomic E-state index is 0.353. The Balaban J connectivity index is 1.86. The fourth-order valence-electron chi connectivity index (χ4n) is 6.08. The van der Waals surface area contributed by atoms with Gasteiger partial charge in [0.2, 0.25) is 0 Å². The van der Waals surface area contributed by atoms with Crippen molar-refractivity contribution in [3.63, 3.8) is 0 Å². The first-order chi connectivity index (χ1) is 9.63. The van der Waals surface area contributed by atoms with E-state index in [1.807, 2.05) is 0 Å². The summed E-state index contributed by atoms with van der Waals surface area (Å²) in [6, 6.07) is 0. The van der Waals surface area contributed by atoms with Crippen LogP contribution in [-0.4, -0.2) is 30.1 Å². The van der Waals surface area contributed by atoms with Gasteiger partial charge in [0.15, 0.2) is 0 Å². The van der Waals surface area contributed by atoms with Gasteiger partial charge in [-0.15, -0.1) is 0 Å². The third kappa shape index (κ3) is 2.14. The van der Waals surface area contributed by atoms with E-state index < -0.39 is 0 Å². The smallest absolute Gasteiger partial charge is 0.0388 e. The van der Waals surface area contributed by atoms with Gasteiger partial charge in [0.25, 0.3) is 0 Å². The Bertz CT molecular complexity index is 310. The van der Waals surface area contributed by atoms with Crippen LogP contribution in [0.4, 0.5) is 0 Å². The molecule has 20 heavy (non-hydrogen) atoms. The number of likely N-dealkylation sites (N-methyl/N-ethyl adjacent to an activating group) is 1. The van der Waals surface area contributed by atoms with Crippen LogP contribution in [0.1, 0.15) is 59.3 Å². The molecule has 0 amide bonds. The first-order valence-corrected chi connectivity index (χ1v) is 9.09. The summed E-state index contributed by atoms with van der Waals surface area (Å²) in [5, 5.41) is 0. The molecule has 4 bridgehead atoms. The molecule has 4 rings (SSSR count). The molecule has 116 valence electrons. The van der Waals surface area contributed by atoms with Crippen LogP contribution in [0.15, 0.2) is 0 Å². The Morgan fingerprint density at radius 1 is 1.05 bits per heavy atom. The van der Waals surface area contributed by atoms with Crippen molar-refractivity contribution < 1.29 is 0 Å². The van der Waals surface area contributed by atoms with Crippen LogP contribution in [0.3, 0.4) is 0 Å². The summed E-state index contributed by atoms with van der Waals surface area (Å²) in [5.74, 6) is 4.68. The summed E-state index contributed by atoms with van der Waals surface area (Å²) in [5.41, 5.74) is 6.79. The molecule has 0 aromatic heterocycles. The molecule has 0 heterocycles. The van der Waals surface area contributed by atoms with Gasteiger partial charge in [0.05, 0.1) is 0 Å². The lowest BCUT2D eigenvalue weighted by Crippen LogP contribution is -2.69. The van der Waals surface area contributed by atoms with E-state index in [0.29, 0.717) is 5.54 Å². The van der Waals surface area contributed by atoms with Gasteiger partial charge >= 0.3 is 0 Å². The zero-order valence-corrected chi connectivity index (χ0v) is 13.8. The normalized spacial score (nSPS) is 44.2. The van der Waals surface area contributed by atoms with Gasteiger partial charge in [-0.05, 0) is 68.2 Å². The standard InChI is InChI=1S/C18H34N2/c1-4-13(3)11-20(5-2)18(12-19)16-7-14-6-15(9-16)10-17(18)8-14/h13-17H,4-12,19H2,1-3H3. The van der Waals surface area contributed by atoms with Crippen LogP contribution in [0.25, 0.3) is 0 Å². The molecule has 0 saturated heterocycles. The van der Waals surface area contributed by atoms with E-state index in [4.69, 9.17) is 5.73 Å². The van der Waals surface area contributed by atoms with Gasteiger partial charge in [-0.3, -0.25) is 4.90 Å². The summed E-state index contributed by atoms with van der Waals surface area (Å²) in [7, 11) is 0. The summed E-state index contributed by atoms with van der Waals surface area (Å²) in [6.07, 6.45) is 8.72. The molecular formula is C18H34N2. The maximum Gasteiger partial charge on any atom is 0.0388 e. The summed E-state index contributed by atoms with van der Waals surface area (Å²) >= 11 is 0. The number of rotatable bonds is 6. The van der Waals surface area contributed by atoms with Crippen molar-refractivity contribution in [2.45, 2.75) is 64.8 Å². The van der Waals surface area contributed by atoms with Crippen LogP contribution >= 0.6 is 0 Å². The Morgan fingerprint density at radius 2 is 1.60 bits per heavy atom. The molecule has 2 N–H and O–H groups in total. The summed E-state index contributed by atoms with van der Waals surface area (Å²) in [4.78, 5) is 2.81. The number of nitrogens with zero attached hydrogens (tertiary/aromatic N) is 1. The SMILES string of the molecule is CCC(C)CN(CC)C1(CN)C2CC3CC(C2)CC1C3. The van der Waals surface area contributed by atoms with Crippen LogP contribution in [0.2, 0.25) is 0 Å². The van der Waals surface area contributed by atoms with Crippen molar-refractivity contribution in [2.24, 2.45) is 35.3 Å². The van der Waals surface area contributed by atoms with E-state index >= 15 is 0 Å². The lowest BCUT2D eigenvalue weighted by atomic mass is 9.48. The van der Waals surface area contributed by atoms with Crippen molar-refractivity contribution in [3.05, 3.63) is 0 Å². The van der Waals surface area contributed by atoms with Gasteiger partial charge in [0.1, 0.15) is 0 Å². The van der Waals surface area contributed by atoms with Crippen molar-refractivity contribution in [3.8, 4) is 0 Å². The third-order valence-corrected chi connectivity index (χ3v) is 7.08. The van der Waals surface area contributed by atoms with Gasteiger partial charge in [-0.1, -0.05) is 27.2 Å². The Hall–Kier alpha value is -0.0800. The predicted octanol–water partition coefficient (Wildman–Crippen LogP) is 3.51. The average Bonchev–Trinajstić information content (AvgIpc) is 2.45. The lowest BCUT2D eigenvalue weighted by molar-refractivity contribution is -0.133. The van der Waals surface area contributed by atoms with Crippen LogP contribution in [0, 0.1) is 29.6 Å². The molecule has 1 unspecified atom stereocenters. The summed E-state index contributed by atoms with van der Waals surface area (Å²) < 4.78 is 0. The van der Waals surface area contributed by atoms with Crippen LogP contribution in [-0.2, 0) is 0 Å². The number of hydrogen-bond donors (Lipinski definition) is 1. The number of hydrogen-bond acceptors (Lipinski definition) is 2. The molecule has 4 aliphatic carbocycles. The van der Waals surface area contributed by atoms with Crippen molar-refractivity contribution in [1.29, 1.82) is 0 Å². The fourth-order valence-corrected chi connectivity index (χ4v) is 6.08. The fraction of sp³-hybridized carbons (Fsp3) is 1.00. The molecule has 0 spiro atoms. The minimum absolute atomic E-state index is 0.353. The highest BCUT2D eigenvalue weighted by Gasteiger charge is 2.58. The van der Waals surface area contributed by atoms with Crippen LogP contribution in [0.5, 0.6) is 0 Å². The third-order valence-electron chi connectivity index (χ3n) is 7.08. The van der Waals surface area contributed by atoms with Crippen molar-refractivity contribution in [2.75, 3.05) is 19.6 Å². The molecule has 0 radical (unpaired) electrons. The van der Waals surface area contributed by atoms with Crippen molar-refractivity contribution >= 4 is 0 Å². The highest BCUT2D eigenvalue weighted by atomic mass is 15.2. The largest absolute Gasteiger partial charge is 0.329 e. The van der Waals surface area contributed by atoms with Gasteiger partial charge in [-0.2, -0.15) is 0 Å². The van der Waals surface area contributed by atoms with Crippen molar-refractivity contribution in [1.82, 2.24) is 4.90 Å². The van der Waals surface area contributed by atoms with Gasteiger partial charge < -0.3 is 5.73 Å². The minimum Gasteiger partial charge on any atom is -0.329 e. The molecule has 2 nitrogen and oxygen atoms in total. The molecule has 2 heteroatoms. The summed E-state index contributed by atoms with van der Waals surface area (Å²) in [6.45, 7) is 10.4. The number of nitrogens with two attached hydrogens (primary N) is 1. The molecular weight excluding hydrogens is 244 g/mol. The van der Waals surface area contributed by atoms with E-state index in [1.165, 1.54) is 51.6 Å². The Morgan fingerprint density at radius 3 is 2.00 bits per heavy atom. The zero-order chi connectivity index (χ0) is 14.3. The highest BCUT2D eigenvalue weighted by molar-refractivity contribution is 5.12. The average molecular weight is 278 g/mol. The molecule has 4 fully saturated rings. The monoisotopic (exact) mass is 278 g/mol. The Kier molecular flexibility index (Phi) is 4.16. The second-order valence-electron chi connectivity index (χ2n) is 8.05.